The lowest BCUT2D eigenvalue weighted by molar-refractivity contribution is -0.130. The van der Waals surface area contributed by atoms with Crippen LogP contribution in [0.15, 0.2) is 84.1 Å². The van der Waals surface area contributed by atoms with Crippen molar-refractivity contribution in [1.29, 1.82) is 0 Å². The molecule has 0 radical (unpaired) electrons. The lowest BCUT2D eigenvalue weighted by Crippen LogP contribution is -2.52. The van der Waals surface area contributed by atoms with Crippen LogP contribution >= 0.6 is 0 Å². The third-order valence-corrected chi connectivity index (χ3v) is 8.78. The monoisotopic (exact) mass is 596 g/mol. The van der Waals surface area contributed by atoms with Crippen molar-refractivity contribution in [3.8, 4) is 0 Å². The summed E-state index contributed by atoms with van der Waals surface area (Å²) in [7, 11) is 1.34. The number of piperazine rings is 1. The van der Waals surface area contributed by atoms with Gasteiger partial charge < -0.3 is 24.8 Å². The fourth-order valence-electron chi connectivity index (χ4n) is 6.60. The summed E-state index contributed by atoms with van der Waals surface area (Å²) in [6.45, 7) is 6.59. The molecule has 6 rings (SSSR count). The van der Waals surface area contributed by atoms with E-state index in [0.717, 1.165) is 28.3 Å². The van der Waals surface area contributed by atoms with E-state index in [0.29, 0.717) is 50.2 Å². The molecule has 1 amide bonds. The number of nitrogens with one attached hydrogen (secondary N) is 1. The summed E-state index contributed by atoms with van der Waals surface area (Å²) in [5, 5.41) is 3.58. The number of rotatable bonds is 5. The molecule has 0 spiro atoms. The zero-order chi connectivity index (χ0) is 31.0. The number of hydrogen-bond donors (Lipinski definition) is 1. The number of ketones is 1. The molecule has 1 fully saturated rings. The summed E-state index contributed by atoms with van der Waals surface area (Å²) >= 11 is 0. The maximum atomic E-state index is 14.0. The minimum atomic E-state index is -0.541. The number of carbonyl (C=O) groups excluding carboxylic acids is 3. The molecule has 1 unspecified atom stereocenters. The Morgan fingerprint density at radius 2 is 1.61 bits per heavy atom. The normalized spacial score (nSPS) is 19.5. The number of hydrogen-bond acceptors (Lipinski definition) is 7. The van der Waals surface area contributed by atoms with Crippen LogP contribution in [-0.2, 0) is 14.3 Å². The van der Waals surface area contributed by atoms with E-state index in [1.807, 2.05) is 46.2 Å². The second-order valence-electron chi connectivity index (χ2n) is 12.5. The molecule has 0 saturated carbocycles. The standard InChI is InChI=1S/C35H37FN4O4/c1-35(2)20-28-32(30(41)21-35)33(23-8-10-24(11-9-23)34(43)44-3)40(29-7-5-4-6-27(29)37-28)22-31(42)39-18-16-38(17-19-39)26-14-12-25(36)13-15-26/h4-15,33,37H,16-22H2,1-3H3. The van der Waals surface area contributed by atoms with E-state index in [-0.39, 0.29) is 29.5 Å². The van der Waals surface area contributed by atoms with Crippen LogP contribution in [0.3, 0.4) is 0 Å². The fourth-order valence-corrected chi connectivity index (χ4v) is 6.60. The van der Waals surface area contributed by atoms with Gasteiger partial charge in [-0.3, -0.25) is 9.59 Å². The van der Waals surface area contributed by atoms with Gasteiger partial charge in [0.05, 0.1) is 36.6 Å². The van der Waals surface area contributed by atoms with Crippen molar-refractivity contribution in [2.75, 3.05) is 55.0 Å². The first-order chi connectivity index (χ1) is 21.1. The van der Waals surface area contributed by atoms with Crippen molar-refractivity contribution in [2.24, 2.45) is 5.41 Å². The molecule has 1 saturated heterocycles. The largest absolute Gasteiger partial charge is 0.465 e. The van der Waals surface area contributed by atoms with Gasteiger partial charge in [0.25, 0.3) is 0 Å². The van der Waals surface area contributed by atoms with Crippen molar-refractivity contribution in [2.45, 2.75) is 32.7 Å². The number of nitrogens with zero attached hydrogens (tertiary/aromatic N) is 3. The zero-order valence-electron chi connectivity index (χ0n) is 25.3. The Kier molecular flexibility index (Phi) is 7.88. The Hall–Kier alpha value is -4.66. The summed E-state index contributed by atoms with van der Waals surface area (Å²) in [5.41, 5.74) is 5.12. The molecule has 0 bridgehead atoms. The maximum absolute atomic E-state index is 14.0. The van der Waals surface area contributed by atoms with Gasteiger partial charge in [-0.15, -0.1) is 0 Å². The summed E-state index contributed by atoms with van der Waals surface area (Å²) in [6, 6.07) is 20.8. The molecular formula is C35H37FN4O4. The number of carbonyl (C=O) groups is 3. The quantitative estimate of drug-likeness (QED) is 0.386. The van der Waals surface area contributed by atoms with Crippen molar-refractivity contribution >= 4 is 34.7 Å². The molecule has 1 atom stereocenters. The number of benzene rings is 3. The lowest BCUT2D eigenvalue weighted by Gasteiger charge is -2.40. The molecule has 1 N–H and O–H groups in total. The topological polar surface area (TPSA) is 82.2 Å². The predicted octanol–water partition coefficient (Wildman–Crippen LogP) is 5.58. The van der Waals surface area contributed by atoms with Crippen molar-refractivity contribution in [3.05, 3.63) is 101 Å². The average molecular weight is 597 g/mol. The second kappa shape index (κ2) is 11.8. The number of anilines is 3. The highest BCUT2D eigenvalue weighted by Gasteiger charge is 2.42. The fraction of sp³-hybridized carbons (Fsp3) is 0.343. The Morgan fingerprint density at radius 1 is 0.932 bits per heavy atom. The van der Waals surface area contributed by atoms with Crippen LogP contribution in [0.1, 0.15) is 48.7 Å². The molecule has 0 aromatic heterocycles. The Bertz CT molecular complexity index is 1610. The first-order valence-electron chi connectivity index (χ1n) is 15.0. The molecular weight excluding hydrogens is 559 g/mol. The molecule has 3 aliphatic rings. The van der Waals surface area contributed by atoms with Crippen LogP contribution in [0.25, 0.3) is 0 Å². The van der Waals surface area contributed by atoms with Crippen LogP contribution in [0.5, 0.6) is 0 Å². The van der Waals surface area contributed by atoms with E-state index in [1.54, 1.807) is 24.3 Å². The maximum Gasteiger partial charge on any atom is 0.337 e. The van der Waals surface area contributed by atoms with Gasteiger partial charge >= 0.3 is 5.97 Å². The highest BCUT2D eigenvalue weighted by Crippen LogP contribution is 2.48. The van der Waals surface area contributed by atoms with Gasteiger partial charge in [-0.05, 0) is 65.9 Å². The highest BCUT2D eigenvalue weighted by atomic mass is 19.1. The Balaban J connectivity index is 1.35. The summed E-state index contributed by atoms with van der Waals surface area (Å²) < 4.78 is 18.3. The number of ether oxygens (including phenoxy) is 1. The Labute approximate surface area is 257 Å². The molecule has 1 aliphatic carbocycles. The van der Waals surface area contributed by atoms with Gasteiger partial charge in [0.2, 0.25) is 5.91 Å². The van der Waals surface area contributed by atoms with Gasteiger partial charge in [0, 0.05) is 49.6 Å². The first kappa shape index (κ1) is 29.4. The molecule has 3 aromatic carbocycles. The molecule has 9 heteroatoms. The highest BCUT2D eigenvalue weighted by molar-refractivity contribution is 6.02. The van der Waals surface area contributed by atoms with E-state index >= 15 is 0 Å². The van der Waals surface area contributed by atoms with Gasteiger partial charge in [0.1, 0.15) is 5.82 Å². The van der Waals surface area contributed by atoms with Crippen molar-refractivity contribution in [1.82, 2.24) is 4.90 Å². The minimum Gasteiger partial charge on any atom is -0.465 e. The number of fused-ring (bicyclic) bond motifs is 1. The third kappa shape index (κ3) is 5.78. The summed E-state index contributed by atoms with van der Waals surface area (Å²) in [5.74, 6) is -0.708. The first-order valence-corrected chi connectivity index (χ1v) is 15.0. The number of amides is 1. The van der Waals surface area contributed by atoms with Crippen LogP contribution < -0.4 is 15.1 Å². The minimum absolute atomic E-state index is 0.0395. The van der Waals surface area contributed by atoms with E-state index in [4.69, 9.17) is 4.74 Å². The second-order valence-corrected chi connectivity index (χ2v) is 12.5. The lowest BCUT2D eigenvalue weighted by atomic mass is 9.73. The molecule has 3 aromatic rings. The number of halogens is 1. The zero-order valence-corrected chi connectivity index (χ0v) is 25.3. The van der Waals surface area contributed by atoms with E-state index in [2.05, 4.69) is 24.1 Å². The van der Waals surface area contributed by atoms with Gasteiger partial charge in [0.15, 0.2) is 5.78 Å². The van der Waals surface area contributed by atoms with E-state index in [1.165, 1.54) is 19.2 Å². The molecule has 2 aliphatic heterocycles. The van der Waals surface area contributed by atoms with Crippen LogP contribution in [0, 0.1) is 11.2 Å². The predicted molar refractivity (Wildman–Crippen MR) is 168 cm³/mol. The molecule has 44 heavy (non-hydrogen) atoms. The summed E-state index contributed by atoms with van der Waals surface area (Å²) in [6.07, 6.45) is 1.08. The van der Waals surface area contributed by atoms with Crippen LogP contribution in [-0.4, -0.2) is 62.4 Å². The van der Waals surface area contributed by atoms with Crippen molar-refractivity contribution < 1.29 is 23.5 Å². The molecule has 8 nitrogen and oxygen atoms in total. The number of para-hydroxylation sites is 2. The number of allylic oxidation sites excluding steroid dienone is 1. The van der Waals surface area contributed by atoms with E-state index in [9.17, 15) is 18.8 Å². The molecule has 228 valence electrons. The summed E-state index contributed by atoms with van der Waals surface area (Å²) in [4.78, 5) is 46.2. The van der Waals surface area contributed by atoms with Gasteiger partial charge in [-0.2, -0.15) is 0 Å². The van der Waals surface area contributed by atoms with Crippen LogP contribution in [0.4, 0.5) is 21.5 Å². The van der Waals surface area contributed by atoms with Crippen LogP contribution in [0.2, 0.25) is 0 Å². The Morgan fingerprint density at radius 3 is 2.30 bits per heavy atom. The molecule has 2 heterocycles. The van der Waals surface area contributed by atoms with E-state index < -0.39 is 12.0 Å². The van der Waals surface area contributed by atoms with Gasteiger partial charge in [-0.25, -0.2) is 9.18 Å². The van der Waals surface area contributed by atoms with Gasteiger partial charge in [-0.1, -0.05) is 38.1 Å². The number of methoxy groups -OCH3 is 1. The SMILES string of the molecule is COC(=O)c1ccc(C2C3=C(CC(C)(C)CC3=O)Nc3ccccc3N2CC(=O)N2CCN(c3ccc(F)cc3)CC2)cc1. The number of esters is 1. The number of Topliss-reactive ketones (excluding diaryl/α,β-unsaturated/α-hetero) is 1. The third-order valence-electron chi connectivity index (χ3n) is 8.78. The average Bonchev–Trinajstić information content (AvgIpc) is 3.15. The smallest absolute Gasteiger partial charge is 0.337 e. The van der Waals surface area contributed by atoms with Crippen molar-refractivity contribution in [3.63, 3.8) is 0 Å².